The maximum Gasteiger partial charge on any atom is 0.0659 e. The Hall–Kier alpha value is 0.350. The van der Waals surface area contributed by atoms with E-state index in [9.17, 15) is 5.11 Å². The lowest BCUT2D eigenvalue weighted by atomic mass is 9.86. The van der Waals surface area contributed by atoms with Crippen LogP contribution in [0.1, 0.15) is 55.0 Å². The fourth-order valence-electron chi connectivity index (χ4n) is 3.45. The van der Waals surface area contributed by atoms with Gasteiger partial charge in [-0.2, -0.15) is 0 Å². The average Bonchev–Trinajstić information content (AvgIpc) is 2.78. The van der Waals surface area contributed by atoms with Crippen molar-refractivity contribution in [1.29, 1.82) is 0 Å². The van der Waals surface area contributed by atoms with E-state index in [1.165, 1.54) is 47.0 Å². The number of nitrogens with one attached hydrogen (secondary N) is 1. The van der Waals surface area contributed by atoms with Gasteiger partial charge in [0.25, 0.3) is 0 Å². The molecular formula is C15H22INOS. The molecular weight excluding hydrogens is 369 g/mol. The number of hydrogen-bond acceptors (Lipinski definition) is 3. The zero-order chi connectivity index (χ0) is 13.2. The van der Waals surface area contributed by atoms with Gasteiger partial charge in [0.1, 0.15) is 0 Å². The van der Waals surface area contributed by atoms with Gasteiger partial charge < -0.3 is 10.4 Å². The predicted octanol–water partition coefficient (Wildman–Crippen LogP) is 3.87. The molecule has 19 heavy (non-hydrogen) atoms. The maximum atomic E-state index is 10.1. The molecule has 0 saturated heterocycles. The molecule has 0 radical (unpaired) electrons. The number of aryl methyl sites for hydroxylation is 1. The van der Waals surface area contributed by atoms with Crippen molar-refractivity contribution in [3.05, 3.63) is 19.4 Å². The molecule has 4 heteroatoms. The summed E-state index contributed by atoms with van der Waals surface area (Å²) in [5.41, 5.74) is 1.53. The molecule has 106 valence electrons. The summed E-state index contributed by atoms with van der Waals surface area (Å²) >= 11 is 4.39. The fraction of sp³-hybridized carbons (Fsp3) is 0.733. The second-order valence-corrected chi connectivity index (χ2v) is 8.92. The second kappa shape index (κ2) is 6.41. The molecule has 0 amide bonds. The van der Waals surface area contributed by atoms with E-state index in [2.05, 4.69) is 34.0 Å². The van der Waals surface area contributed by atoms with Gasteiger partial charge in [-0.3, -0.25) is 0 Å². The lowest BCUT2D eigenvalue weighted by molar-refractivity contribution is 0.0677. The fourth-order valence-corrected chi connectivity index (χ4v) is 5.57. The summed E-state index contributed by atoms with van der Waals surface area (Å²) in [5, 5.41) is 13.8. The Balaban J connectivity index is 1.61. The number of thiophene rings is 1. The predicted molar refractivity (Wildman–Crippen MR) is 88.7 cm³/mol. The number of aliphatic hydroxyl groups excluding tert-OH is 1. The minimum absolute atomic E-state index is 0.0769. The van der Waals surface area contributed by atoms with Crippen LogP contribution < -0.4 is 5.32 Å². The van der Waals surface area contributed by atoms with Crippen LogP contribution in [0.15, 0.2) is 6.07 Å². The average molecular weight is 391 g/mol. The number of rotatable bonds is 3. The Kier molecular flexibility index (Phi) is 4.82. The quantitative estimate of drug-likeness (QED) is 0.767. The summed E-state index contributed by atoms with van der Waals surface area (Å²) < 4.78 is 1.41. The third kappa shape index (κ3) is 3.34. The van der Waals surface area contributed by atoms with Crippen molar-refractivity contribution in [1.82, 2.24) is 5.32 Å². The molecule has 0 spiro atoms. The van der Waals surface area contributed by atoms with Crippen LogP contribution in [-0.4, -0.2) is 17.8 Å². The maximum absolute atomic E-state index is 10.1. The highest BCUT2D eigenvalue weighted by atomic mass is 127. The van der Waals surface area contributed by atoms with Gasteiger partial charge in [0, 0.05) is 17.5 Å². The standard InChI is InChI=1S/C15H22INOS/c16-15-8-11-12(5-3-7-14(11)19-15)17-9-10-4-1-2-6-13(10)18/h8,10,12-13,17-18H,1-7,9H2. The molecule has 2 aliphatic carbocycles. The zero-order valence-electron chi connectivity index (χ0n) is 11.2. The van der Waals surface area contributed by atoms with E-state index in [1.807, 2.05) is 11.3 Å². The summed E-state index contributed by atoms with van der Waals surface area (Å²) in [6.45, 7) is 0.984. The van der Waals surface area contributed by atoms with Crippen molar-refractivity contribution in [2.75, 3.05) is 6.54 Å². The minimum atomic E-state index is -0.0769. The second-order valence-electron chi connectivity index (χ2n) is 5.89. The monoisotopic (exact) mass is 391 g/mol. The first-order valence-corrected chi connectivity index (χ1v) is 9.33. The first-order valence-electron chi connectivity index (χ1n) is 7.43. The van der Waals surface area contributed by atoms with Gasteiger partial charge in [0.05, 0.1) is 8.99 Å². The lowest BCUT2D eigenvalue weighted by Crippen LogP contribution is -2.36. The van der Waals surface area contributed by atoms with Gasteiger partial charge in [-0.1, -0.05) is 12.8 Å². The summed E-state index contributed by atoms with van der Waals surface area (Å²) in [6, 6.07) is 2.88. The molecule has 3 unspecified atom stereocenters. The first-order chi connectivity index (χ1) is 9.24. The Morgan fingerprint density at radius 2 is 2.11 bits per heavy atom. The van der Waals surface area contributed by atoms with Crippen molar-refractivity contribution in [3.63, 3.8) is 0 Å². The molecule has 2 nitrogen and oxygen atoms in total. The van der Waals surface area contributed by atoms with Gasteiger partial charge in [-0.15, -0.1) is 11.3 Å². The summed E-state index contributed by atoms with van der Waals surface area (Å²) in [7, 11) is 0. The largest absolute Gasteiger partial charge is 0.393 e. The molecule has 3 atom stereocenters. The van der Waals surface area contributed by atoms with Crippen molar-refractivity contribution in [2.24, 2.45) is 5.92 Å². The highest BCUT2D eigenvalue weighted by Gasteiger charge is 2.26. The molecule has 1 saturated carbocycles. The van der Waals surface area contributed by atoms with E-state index in [4.69, 9.17) is 0 Å². The molecule has 0 aromatic carbocycles. The van der Waals surface area contributed by atoms with E-state index < -0.39 is 0 Å². The van der Waals surface area contributed by atoms with Crippen LogP contribution in [-0.2, 0) is 6.42 Å². The summed E-state index contributed by atoms with van der Waals surface area (Å²) in [4.78, 5) is 1.58. The van der Waals surface area contributed by atoms with Crippen molar-refractivity contribution in [2.45, 2.75) is 57.1 Å². The molecule has 1 aromatic rings. The first kappa shape index (κ1) is 14.3. The topological polar surface area (TPSA) is 32.3 Å². The molecule has 0 aliphatic heterocycles. The minimum Gasteiger partial charge on any atom is -0.393 e. The zero-order valence-corrected chi connectivity index (χ0v) is 14.2. The van der Waals surface area contributed by atoms with Gasteiger partial charge >= 0.3 is 0 Å². The van der Waals surface area contributed by atoms with E-state index in [0.717, 1.165) is 13.0 Å². The van der Waals surface area contributed by atoms with Crippen LogP contribution in [0.4, 0.5) is 0 Å². The number of halogens is 1. The summed E-state index contributed by atoms with van der Waals surface area (Å²) in [5.74, 6) is 0.469. The Bertz CT molecular complexity index is 434. The molecule has 3 rings (SSSR count). The normalized spacial score (nSPS) is 31.2. The van der Waals surface area contributed by atoms with Crippen LogP contribution >= 0.6 is 33.9 Å². The molecule has 2 N–H and O–H groups in total. The van der Waals surface area contributed by atoms with E-state index >= 15 is 0 Å². The molecule has 2 aliphatic rings. The highest BCUT2D eigenvalue weighted by molar-refractivity contribution is 14.1. The van der Waals surface area contributed by atoms with Crippen LogP contribution in [0, 0.1) is 8.80 Å². The van der Waals surface area contributed by atoms with Crippen molar-refractivity contribution < 1.29 is 5.11 Å². The van der Waals surface area contributed by atoms with Gasteiger partial charge in [-0.05, 0) is 72.2 Å². The number of aliphatic hydroxyl groups is 1. The van der Waals surface area contributed by atoms with Crippen molar-refractivity contribution in [3.8, 4) is 0 Å². The van der Waals surface area contributed by atoms with E-state index in [1.54, 1.807) is 4.88 Å². The smallest absolute Gasteiger partial charge is 0.0659 e. The Morgan fingerprint density at radius 3 is 2.95 bits per heavy atom. The summed E-state index contributed by atoms with van der Waals surface area (Å²) in [6.07, 6.45) is 8.41. The van der Waals surface area contributed by atoms with Crippen LogP contribution in [0.2, 0.25) is 0 Å². The van der Waals surface area contributed by atoms with Gasteiger partial charge in [-0.25, -0.2) is 0 Å². The molecule has 1 heterocycles. The van der Waals surface area contributed by atoms with Crippen LogP contribution in [0.5, 0.6) is 0 Å². The van der Waals surface area contributed by atoms with E-state index in [-0.39, 0.29) is 6.10 Å². The molecule has 1 aromatic heterocycles. The third-order valence-corrected chi connectivity index (χ3v) is 6.55. The lowest BCUT2D eigenvalue weighted by Gasteiger charge is -2.31. The van der Waals surface area contributed by atoms with E-state index in [0.29, 0.717) is 12.0 Å². The number of hydrogen-bond donors (Lipinski definition) is 2. The Labute approximate surface area is 133 Å². The van der Waals surface area contributed by atoms with Gasteiger partial charge in [0.15, 0.2) is 0 Å². The third-order valence-electron chi connectivity index (χ3n) is 4.58. The molecule has 1 fully saturated rings. The Morgan fingerprint density at radius 1 is 1.26 bits per heavy atom. The molecule has 0 bridgehead atoms. The van der Waals surface area contributed by atoms with Crippen molar-refractivity contribution >= 4 is 33.9 Å². The van der Waals surface area contributed by atoms with Crippen LogP contribution in [0.3, 0.4) is 0 Å². The van der Waals surface area contributed by atoms with Crippen LogP contribution in [0.25, 0.3) is 0 Å². The number of fused-ring (bicyclic) bond motifs is 1. The SMILES string of the molecule is OC1CCCCC1CNC1CCCc2sc(I)cc21. The highest BCUT2D eigenvalue weighted by Crippen LogP contribution is 2.36. The van der Waals surface area contributed by atoms with Gasteiger partial charge in [0.2, 0.25) is 0 Å².